The van der Waals surface area contributed by atoms with Gasteiger partial charge in [-0.2, -0.15) is 0 Å². The van der Waals surface area contributed by atoms with Gasteiger partial charge >= 0.3 is 5.97 Å². The average Bonchev–Trinajstić information content (AvgIpc) is 2.82. The van der Waals surface area contributed by atoms with Gasteiger partial charge in [0, 0.05) is 17.1 Å². The van der Waals surface area contributed by atoms with Crippen molar-refractivity contribution in [2.75, 3.05) is 10.6 Å². The fourth-order valence-corrected chi connectivity index (χ4v) is 7.65. The summed E-state index contributed by atoms with van der Waals surface area (Å²) in [6.45, 7) is 4.47. The lowest BCUT2D eigenvalue weighted by molar-refractivity contribution is -0.00522. The van der Waals surface area contributed by atoms with Crippen LogP contribution in [-0.2, 0) is 5.41 Å². The zero-order valence-electron chi connectivity index (χ0n) is 20.6. The molecule has 4 fully saturated rings. The largest absolute Gasteiger partial charge is 0.478 e. The summed E-state index contributed by atoms with van der Waals surface area (Å²) in [5.74, 6) is 1.92. The summed E-state index contributed by atoms with van der Waals surface area (Å²) in [5.41, 5.74) is 8.55. The van der Waals surface area contributed by atoms with Crippen molar-refractivity contribution in [1.82, 2.24) is 0 Å². The maximum atomic E-state index is 11.5. The number of anilines is 4. The number of benzene rings is 3. The molecule has 4 bridgehead atoms. The van der Waals surface area contributed by atoms with E-state index in [0.717, 1.165) is 29.1 Å². The zero-order chi connectivity index (χ0) is 24.2. The number of aryl methyl sites for hydroxylation is 2. The number of rotatable bonds is 6. The molecule has 4 heteroatoms. The van der Waals surface area contributed by atoms with Crippen LogP contribution in [0.15, 0.2) is 60.7 Å². The molecule has 35 heavy (non-hydrogen) atoms. The van der Waals surface area contributed by atoms with Crippen LogP contribution in [0.1, 0.15) is 65.6 Å². The number of carboxylic acids is 1. The topological polar surface area (TPSA) is 61.4 Å². The van der Waals surface area contributed by atoms with Gasteiger partial charge < -0.3 is 15.7 Å². The van der Waals surface area contributed by atoms with Crippen LogP contribution in [-0.4, -0.2) is 11.1 Å². The van der Waals surface area contributed by atoms with Crippen molar-refractivity contribution in [2.24, 2.45) is 17.8 Å². The molecule has 3 aromatic rings. The Kier molecular flexibility index (Phi) is 5.36. The molecule has 0 radical (unpaired) electrons. The minimum atomic E-state index is -0.936. The smallest absolute Gasteiger partial charge is 0.337 e. The zero-order valence-corrected chi connectivity index (χ0v) is 20.6. The third-order valence-corrected chi connectivity index (χ3v) is 8.77. The molecule has 4 saturated carbocycles. The molecule has 3 N–H and O–H groups in total. The van der Waals surface area contributed by atoms with Crippen LogP contribution in [0.5, 0.6) is 0 Å². The molecule has 4 aliphatic carbocycles. The van der Waals surface area contributed by atoms with Crippen molar-refractivity contribution >= 4 is 28.7 Å². The molecule has 0 amide bonds. The van der Waals surface area contributed by atoms with E-state index in [9.17, 15) is 9.90 Å². The summed E-state index contributed by atoms with van der Waals surface area (Å²) < 4.78 is 0. The highest BCUT2D eigenvalue weighted by atomic mass is 16.4. The van der Waals surface area contributed by atoms with E-state index in [2.05, 4.69) is 36.6 Å². The lowest BCUT2D eigenvalue weighted by Gasteiger charge is -2.57. The number of nitrogens with one attached hydrogen (secondary N) is 2. The van der Waals surface area contributed by atoms with E-state index in [1.54, 1.807) is 23.8 Å². The third-order valence-electron chi connectivity index (χ3n) is 8.77. The SMILES string of the molecule is Cc1cc(C23CC4CC(CC(C4)C2)C3)cc(C)c1Nc1ccc(Nc2ccccc2C(=O)O)cc1. The van der Waals surface area contributed by atoms with Gasteiger partial charge in [-0.15, -0.1) is 0 Å². The van der Waals surface area contributed by atoms with Crippen LogP contribution in [0.2, 0.25) is 0 Å². The molecule has 180 valence electrons. The summed E-state index contributed by atoms with van der Waals surface area (Å²) in [7, 11) is 0. The van der Waals surface area contributed by atoms with Crippen molar-refractivity contribution in [3.05, 3.63) is 82.9 Å². The average molecular weight is 467 g/mol. The van der Waals surface area contributed by atoms with E-state index in [-0.39, 0.29) is 5.56 Å². The predicted molar refractivity (Wildman–Crippen MR) is 142 cm³/mol. The third kappa shape index (κ3) is 4.09. The highest BCUT2D eigenvalue weighted by Gasteiger charge is 2.51. The minimum absolute atomic E-state index is 0.264. The van der Waals surface area contributed by atoms with Gasteiger partial charge in [0.1, 0.15) is 0 Å². The highest BCUT2D eigenvalue weighted by molar-refractivity contribution is 5.95. The fourth-order valence-electron chi connectivity index (χ4n) is 7.65. The van der Waals surface area contributed by atoms with Gasteiger partial charge in [-0.1, -0.05) is 24.3 Å². The van der Waals surface area contributed by atoms with Gasteiger partial charge in [0.05, 0.1) is 11.3 Å². The number of carboxylic acid groups (broad SMARTS) is 1. The molecular formula is C31H34N2O2. The number of aromatic carboxylic acids is 1. The van der Waals surface area contributed by atoms with E-state index in [1.165, 1.54) is 55.3 Å². The van der Waals surface area contributed by atoms with Crippen LogP contribution in [0.25, 0.3) is 0 Å². The Balaban J connectivity index is 1.20. The van der Waals surface area contributed by atoms with Crippen molar-refractivity contribution < 1.29 is 9.90 Å². The fraction of sp³-hybridized carbons (Fsp3) is 0.387. The lowest BCUT2D eigenvalue weighted by atomic mass is 9.48. The molecule has 0 unspecified atom stereocenters. The maximum absolute atomic E-state index is 11.5. The van der Waals surface area contributed by atoms with Crippen molar-refractivity contribution in [2.45, 2.75) is 57.8 Å². The Bertz CT molecular complexity index is 1220. The lowest BCUT2D eigenvalue weighted by Crippen LogP contribution is -2.48. The second-order valence-corrected chi connectivity index (χ2v) is 11.4. The molecule has 0 spiro atoms. The Morgan fingerprint density at radius 1 is 0.800 bits per heavy atom. The predicted octanol–water partition coefficient (Wildman–Crippen LogP) is 7.96. The van der Waals surface area contributed by atoms with E-state index < -0.39 is 5.97 Å². The quantitative estimate of drug-likeness (QED) is 0.345. The van der Waals surface area contributed by atoms with Crippen molar-refractivity contribution in [1.29, 1.82) is 0 Å². The van der Waals surface area contributed by atoms with Crippen molar-refractivity contribution in [3.63, 3.8) is 0 Å². The second kappa shape index (κ2) is 8.44. The summed E-state index contributed by atoms with van der Waals surface area (Å²) in [4.78, 5) is 11.5. The van der Waals surface area contributed by atoms with Crippen LogP contribution >= 0.6 is 0 Å². The van der Waals surface area contributed by atoms with Crippen LogP contribution < -0.4 is 10.6 Å². The molecule has 7 rings (SSSR count). The number of hydrogen-bond donors (Lipinski definition) is 3. The van der Waals surface area contributed by atoms with Gasteiger partial charge in [0.15, 0.2) is 0 Å². The standard InChI is InChI=1S/C31H34N2O2/c1-19-11-24(31-16-21-13-22(17-31)15-23(14-21)18-31)12-20(2)29(19)33-26-9-7-25(8-10-26)32-28-6-4-3-5-27(28)30(34)35/h3-12,21-23,32-33H,13-18H2,1-2H3,(H,34,35). The molecule has 0 aromatic heterocycles. The Labute approximate surface area is 207 Å². The summed E-state index contributed by atoms with van der Waals surface area (Å²) in [5, 5.41) is 16.3. The van der Waals surface area contributed by atoms with Crippen LogP contribution in [0.3, 0.4) is 0 Å². The summed E-state index contributed by atoms with van der Waals surface area (Å²) in [6, 6.07) is 19.9. The van der Waals surface area contributed by atoms with Gasteiger partial charge in [0.25, 0.3) is 0 Å². The maximum Gasteiger partial charge on any atom is 0.337 e. The van der Waals surface area contributed by atoms with Gasteiger partial charge in [-0.05, 0) is 129 Å². The normalized spacial score (nSPS) is 26.5. The molecule has 4 nitrogen and oxygen atoms in total. The molecule has 3 aromatic carbocycles. The highest BCUT2D eigenvalue weighted by Crippen LogP contribution is 2.61. The molecule has 0 atom stereocenters. The first-order chi connectivity index (χ1) is 16.9. The first-order valence-electron chi connectivity index (χ1n) is 13.0. The number of hydrogen-bond acceptors (Lipinski definition) is 3. The Morgan fingerprint density at radius 3 is 1.86 bits per heavy atom. The van der Waals surface area contributed by atoms with E-state index >= 15 is 0 Å². The second-order valence-electron chi connectivity index (χ2n) is 11.4. The van der Waals surface area contributed by atoms with E-state index in [4.69, 9.17) is 0 Å². The van der Waals surface area contributed by atoms with Gasteiger partial charge in [-0.25, -0.2) is 4.79 Å². The Hall–Kier alpha value is -3.27. The monoisotopic (exact) mass is 466 g/mol. The Morgan fingerprint density at radius 2 is 1.31 bits per heavy atom. The number of para-hydroxylation sites is 1. The van der Waals surface area contributed by atoms with Crippen molar-refractivity contribution in [3.8, 4) is 0 Å². The van der Waals surface area contributed by atoms with Crippen LogP contribution in [0.4, 0.5) is 22.7 Å². The molecular weight excluding hydrogens is 432 g/mol. The molecule has 4 aliphatic rings. The molecule has 0 heterocycles. The van der Waals surface area contributed by atoms with E-state index in [0.29, 0.717) is 11.1 Å². The van der Waals surface area contributed by atoms with Gasteiger partial charge in [-0.3, -0.25) is 0 Å². The van der Waals surface area contributed by atoms with Gasteiger partial charge in [0.2, 0.25) is 0 Å². The van der Waals surface area contributed by atoms with E-state index in [1.807, 2.05) is 30.3 Å². The summed E-state index contributed by atoms with van der Waals surface area (Å²) >= 11 is 0. The molecule has 0 saturated heterocycles. The summed E-state index contributed by atoms with van der Waals surface area (Å²) in [6.07, 6.45) is 8.61. The van der Waals surface area contributed by atoms with Crippen LogP contribution in [0, 0.1) is 31.6 Å². The molecule has 0 aliphatic heterocycles. The first-order valence-corrected chi connectivity index (χ1v) is 13.0. The number of carbonyl (C=O) groups is 1. The minimum Gasteiger partial charge on any atom is -0.478 e. The first kappa shape index (κ1) is 22.2.